The van der Waals surface area contributed by atoms with Gasteiger partial charge in [-0.2, -0.15) is 4.98 Å². The SMILES string of the molecule is COc1nc(Cl)c(C)nc1-c1ccc(C)cc1. The van der Waals surface area contributed by atoms with Crippen LogP contribution in [0.3, 0.4) is 0 Å². The van der Waals surface area contributed by atoms with Gasteiger partial charge >= 0.3 is 0 Å². The minimum Gasteiger partial charge on any atom is -0.479 e. The summed E-state index contributed by atoms with van der Waals surface area (Å²) < 4.78 is 5.21. The van der Waals surface area contributed by atoms with Crippen molar-refractivity contribution in [1.29, 1.82) is 0 Å². The average Bonchev–Trinajstić information content (AvgIpc) is 2.33. The smallest absolute Gasteiger partial charge is 0.241 e. The molecule has 2 aromatic rings. The number of halogens is 1. The number of aryl methyl sites for hydroxylation is 2. The van der Waals surface area contributed by atoms with Crippen molar-refractivity contribution in [3.63, 3.8) is 0 Å². The second-order valence-electron chi connectivity index (χ2n) is 3.82. The number of aromatic nitrogens is 2. The molecule has 0 aliphatic heterocycles. The summed E-state index contributed by atoms with van der Waals surface area (Å²) in [4.78, 5) is 8.59. The molecule has 0 saturated heterocycles. The van der Waals surface area contributed by atoms with E-state index in [0.717, 1.165) is 11.3 Å². The monoisotopic (exact) mass is 248 g/mol. The lowest BCUT2D eigenvalue weighted by molar-refractivity contribution is 0.397. The zero-order valence-corrected chi connectivity index (χ0v) is 10.7. The molecule has 0 unspecified atom stereocenters. The maximum Gasteiger partial charge on any atom is 0.241 e. The van der Waals surface area contributed by atoms with Crippen molar-refractivity contribution >= 4 is 11.6 Å². The molecule has 3 nitrogen and oxygen atoms in total. The molecule has 17 heavy (non-hydrogen) atoms. The quantitative estimate of drug-likeness (QED) is 0.817. The van der Waals surface area contributed by atoms with Crippen LogP contribution in [0.5, 0.6) is 5.88 Å². The van der Waals surface area contributed by atoms with Gasteiger partial charge < -0.3 is 4.74 Å². The predicted octanol–water partition coefficient (Wildman–Crippen LogP) is 3.42. The Morgan fingerprint density at radius 2 is 1.71 bits per heavy atom. The molecule has 1 heterocycles. The van der Waals surface area contributed by atoms with E-state index in [-0.39, 0.29) is 0 Å². The molecule has 4 heteroatoms. The summed E-state index contributed by atoms with van der Waals surface area (Å²) in [5.74, 6) is 0.449. The third kappa shape index (κ3) is 2.39. The van der Waals surface area contributed by atoms with Crippen LogP contribution in [-0.2, 0) is 0 Å². The van der Waals surface area contributed by atoms with Gasteiger partial charge in [0.1, 0.15) is 5.69 Å². The Bertz CT molecular complexity index is 538. The maximum atomic E-state index is 5.92. The first-order valence-corrected chi connectivity index (χ1v) is 5.65. The first-order valence-electron chi connectivity index (χ1n) is 5.27. The van der Waals surface area contributed by atoms with Crippen LogP contribution >= 0.6 is 11.6 Å². The van der Waals surface area contributed by atoms with E-state index in [2.05, 4.69) is 9.97 Å². The van der Waals surface area contributed by atoms with E-state index in [1.165, 1.54) is 5.56 Å². The van der Waals surface area contributed by atoms with Crippen molar-refractivity contribution in [1.82, 2.24) is 9.97 Å². The van der Waals surface area contributed by atoms with Crippen LogP contribution in [0.2, 0.25) is 5.15 Å². The maximum absolute atomic E-state index is 5.92. The Balaban J connectivity index is 2.57. The van der Waals surface area contributed by atoms with E-state index in [4.69, 9.17) is 16.3 Å². The molecular weight excluding hydrogens is 236 g/mol. The fourth-order valence-corrected chi connectivity index (χ4v) is 1.65. The van der Waals surface area contributed by atoms with Crippen LogP contribution < -0.4 is 4.74 Å². The van der Waals surface area contributed by atoms with Gasteiger partial charge in [-0.3, -0.25) is 0 Å². The molecule has 2 rings (SSSR count). The summed E-state index contributed by atoms with van der Waals surface area (Å²) in [5.41, 5.74) is 3.59. The zero-order valence-electron chi connectivity index (χ0n) is 9.99. The summed E-state index contributed by atoms with van der Waals surface area (Å²) in [6.07, 6.45) is 0. The van der Waals surface area contributed by atoms with Crippen molar-refractivity contribution in [3.8, 4) is 17.1 Å². The van der Waals surface area contributed by atoms with Crippen LogP contribution in [0.1, 0.15) is 11.3 Å². The van der Waals surface area contributed by atoms with Crippen LogP contribution in [0.15, 0.2) is 24.3 Å². The van der Waals surface area contributed by atoms with Crippen LogP contribution in [-0.4, -0.2) is 17.1 Å². The van der Waals surface area contributed by atoms with E-state index in [1.807, 2.05) is 38.1 Å². The Labute approximate surface area is 105 Å². The van der Waals surface area contributed by atoms with E-state index in [0.29, 0.717) is 16.7 Å². The van der Waals surface area contributed by atoms with Crippen molar-refractivity contribution in [3.05, 3.63) is 40.7 Å². The Hall–Kier alpha value is -1.61. The summed E-state index contributed by atoms with van der Waals surface area (Å²) in [7, 11) is 1.56. The number of rotatable bonds is 2. The van der Waals surface area contributed by atoms with Gasteiger partial charge in [0.2, 0.25) is 5.88 Å². The van der Waals surface area contributed by atoms with Crippen molar-refractivity contribution in [2.75, 3.05) is 7.11 Å². The molecule has 0 fully saturated rings. The van der Waals surface area contributed by atoms with E-state index < -0.39 is 0 Å². The van der Waals surface area contributed by atoms with E-state index in [9.17, 15) is 0 Å². The third-order valence-electron chi connectivity index (χ3n) is 2.50. The first-order chi connectivity index (χ1) is 8.11. The topological polar surface area (TPSA) is 35.0 Å². The highest BCUT2D eigenvalue weighted by molar-refractivity contribution is 6.30. The number of methoxy groups -OCH3 is 1. The Morgan fingerprint density at radius 1 is 1.06 bits per heavy atom. The molecule has 0 spiro atoms. The lowest BCUT2D eigenvalue weighted by Crippen LogP contribution is -1.98. The first kappa shape index (κ1) is 11.9. The number of ether oxygens (including phenoxy) is 1. The molecule has 0 amide bonds. The molecule has 88 valence electrons. The number of hydrogen-bond donors (Lipinski definition) is 0. The largest absolute Gasteiger partial charge is 0.479 e. The predicted molar refractivity (Wildman–Crippen MR) is 68.5 cm³/mol. The normalized spacial score (nSPS) is 10.4. The van der Waals surface area contributed by atoms with E-state index in [1.54, 1.807) is 7.11 Å². The third-order valence-corrected chi connectivity index (χ3v) is 2.86. The van der Waals surface area contributed by atoms with Gasteiger partial charge in [0, 0.05) is 5.56 Å². The van der Waals surface area contributed by atoms with Crippen LogP contribution in [0, 0.1) is 13.8 Å². The van der Waals surface area contributed by atoms with E-state index >= 15 is 0 Å². The van der Waals surface area contributed by atoms with Crippen LogP contribution in [0.4, 0.5) is 0 Å². The van der Waals surface area contributed by atoms with Gasteiger partial charge in [-0.05, 0) is 13.8 Å². The number of benzene rings is 1. The molecular formula is C13H13ClN2O. The van der Waals surface area contributed by atoms with Gasteiger partial charge in [-0.1, -0.05) is 41.4 Å². The molecule has 0 bridgehead atoms. The molecule has 0 saturated carbocycles. The summed E-state index contributed by atoms with van der Waals surface area (Å²) in [5, 5.41) is 0.373. The zero-order chi connectivity index (χ0) is 12.4. The fraction of sp³-hybridized carbons (Fsp3) is 0.231. The molecule has 0 N–H and O–H groups in total. The number of nitrogens with zero attached hydrogens (tertiary/aromatic N) is 2. The summed E-state index contributed by atoms with van der Waals surface area (Å²) in [6.45, 7) is 3.87. The lowest BCUT2D eigenvalue weighted by Gasteiger charge is -2.09. The lowest BCUT2D eigenvalue weighted by atomic mass is 10.1. The molecule has 0 radical (unpaired) electrons. The highest BCUT2D eigenvalue weighted by Gasteiger charge is 2.12. The van der Waals surface area contributed by atoms with Crippen molar-refractivity contribution < 1.29 is 4.74 Å². The standard InChI is InChI=1S/C13H13ClN2O/c1-8-4-6-10(7-5-8)11-13(17-3)16-12(14)9(2)15-11/h4-7H,1-3H3. The van der Waals surface area contributed by atoms with Gasteiger partial charge in [0.15, 0.2) is 5.15 Å². The summed E-state index contributed by atoms with van der Waals surface area (Å²) in [6, 6.07) is 8.05. The van der Waals surface area contributed by atoms with Crippen molar-refractivity contribution in [2.45, 2.75) is 13.8 Å². The minimum absolute atomic E-state index is 0.373. The minimum atomic E-state index is 0.373. The Morgan fingerprint density at radius 3 is 2.29 bits per heavy atom. The fourth-order valence-electron chi connectivity index (χ4n) is 1.53. The average molecular weight is 249 g/mol. The number of hydrogen-bond acceptors (Lipinski definition) is 3. The summed E-state index contributed by atoms with van der Waals surface area (Å²) >= 11 is 5.92. The van der Waals surface area contributed by atoms with Gasteiger partial charge in [-0.25, -0.2) is 4.98 Å². The second kappa shape index (κ2) is 4.72. The highest BCUT2D eigenvalue weighted by Crippen LogP contribution is 2.28. The molecule has 0 aliphatic carbocycles. The van der Waals surface area contributed by atoms with Crippen LogP contribution in [0.25, 0.3) is 11.3 Å². The van der Waals surface area contributed by atoms with Crippen molar-refractivity contribution in [2.24, 2.45) is 0 Å². The Kier molecular flexibility index (Phi) is 3.29. The van der Waals surface area contributed by atoms with Gasteiger partial charge in [0.25, 0.3) is 0 Å². The molecule has 0 aliphatic rings. The molecule has 1 aromatic carbocycles. The molecule has 0 atom stereocenters. The van der Waals surface area contributed by atoms with Gasteiger partial charge in [-0.15, -0.1) is 0 Å². The van der Waals surface area contributed by atoms with Gasteiger partial charge in [0.05, 0.1) is 12.8 Å². The molecule has 1 aromatic heterocycles. The second-order valence-corrected chi connectivity index (χ2v) is 4.18. The highest BCUT2D eigenvalue weighted by atomic mass is 35.5.